The van der Waals surface area contributed by atoms with Crippen molar-refractivity contribution in [2.75, 3.05) is 32.9 Å². The summed E-state index contributed by atoms with van der Waals surface area (Å²) < 4.78 is 26.8. The summed E-state index contributed by atoms with van der Waals surface area (Å²) in [6, 6.07) is 6.47. The highest BCUT2D eigenvalue weighted by Crippen LogP contribution is 2.23. The second kappa shape index (κ2) is 6.36. The second-order valence-corrected chi connectivity index (χ2v) is 6.72. The van der Waals surface area contributed by atoms with Gasteiger partial charge >= 0.3 is 0 Å². The third-order valence-corrected chi connectivity index (χ3v) is 5.10. The Balaban J connectivity index is 3.13. The molecule has 0 aliphatic heterocycles. The van der Waals surface area contributed by atoms with Crippen LogP contribution in [0, 0.1) is 0 Å². The van der Waals surface area contributed by atoms with Crippen LogP contribution in [0.15, 0.2) is 29.2 Å². The van der Waals surface area contributed by atoms with Crippen LogP contribution in [-0.2, 0) is 10.0 Å². The highest BCUT2D eigenvalue weighted by molar-refractivity contribution is 7.89. The molecule has 0 amide bonds. The van der Waals surface area contributed by atoms with Crippen molar-refractivity contribution in [3.8, 4) is 0 Å². The molecule has 0 saturated heterocycles. The number of nitrogens with two attached hydrogens (primary N) is 1. The molecule has 0 aromatic heterocycles. The molecule has 0 bridgehead atoms. The molecule has 0 fully saturated rings. The average Bonchev–Trinajstić information content (AvgIpc) is 2.28. The second-order valence-electron chi connectivity index (χ2n) is 4.86. The van der Waals surface area contributed by atoms with Crippen LogP contribution in [0.1, 0.15) is 13.8 Å². The van der Waals surface area contributed by atoms with E-state index in [1.54, 1.807) is 24.3 Å². The van der Waals surface area contributed by atoms with E-state index in [0.717, 1.165) is 0 Å². The zero-order chi connectivity index (χ0) is 14.6. The van der Waals surface area contributed by atoms with Gasteiger partial charge in [0.15, 0.2) is 0 Å². The van der Waals surface area contributed by atoms with Gasteiger partial charge in [-0.05, 0) is 33.2 Å². The van der Waals surface area contributed by atoms with Gasteiger partial charge in [-0.15, -0.1) is 0 Å². The Hall–Kier alpha value is -1.11. The van der Waals surface area contributed by atoms with Gasteiger partial charge in [0.25, 0.3) is 0 Å². The molecule has 2 N–H and O–H groups in total. The van der Waals surface area contributed by atoms with Crippen LogP contribution >= 0.6 is 0 Å². The number of likely N-dealkylation sites (N-methyl/N-ethyl adjacent to an activating group) is 2. The van der Waals surface area contributed by atoms with E-state index >= 15 is 0 Å². The molecule has 0 aliphatic rings. The predicted octanol–water partition coefficient (Wildman–Crippen LogP) is 1.23. The van der Waals surface area contributed by atoms with E-state index in [1.165, 1.54) is 4.31 Å². The molecular weight excluding hydrogens is 262 g/mol. The molecule has 1 atom stereocenters. The van der Waals surface area contributed by atoms with E-state index in [9.17, 15) is 8.42 Å². The van der Waals surface area contributed by atoms with Crippen LogP contribution < -0.4 is 5.73 Å². The Labute approximate surface area is 116 Å². The summed E-state index contributed by atoms with van der Waals surface area (Å²) in [5.74, 6) is 0. The van der Waals surface area contributed by atoms with Crippen molar-refractivity contribution < 1.29 is 8.42 Å². The number of para-hydroxylation sites is 1. The Kier molecular flexibility index (Phi) is 5.34. The van der Waals surface area contributed by atoms with E-state index < -0.39 is 10.0 Å². The minimum absolute atomic E-state index is 0.107. The Bertz CT molecular complexity index is 514. The Morgan fingerprint density at radius 1 is 1.26 bits per heavy atom. The first-order valence-electron chi connectivity index (χ1n) is 6.31. The number of rotatable bonds is 6. The molecular formula is C13H23N3O2S. The van der Waals surface area contributed by atoms with Crippen LogP contribution in [0.25, 0.3) is 0 Å². The third-order valence-electron chi connectivity index (χ3n) is 2.94. The summed E-state index contributed by atoms with van der Waals surface area (Å²) in [6.07, 6.45) is 0. The minimum Gasteiger partial charge on any atom is -0.398 e. The van der Waals surface area contributed by atoms with Gasteiger partial charge in [-0.1, -0.05) is 19.1 Å². The third kappa shape index (κ3) is 3.68. The molecule has 5 nitrogen and oxygen atoms in total. The molecule has 1 aromatic carbocycles. The predicted molar refractivity (Wildman–Crippen MR) is 78.4 cm³/mol. The fraction of sp³-hybridized carbons (Fsp3) is 0.538. The lowest BCUT2D eigenvalue weighted by Crippen LogP contribution is -2.43. The lowest BCUT2D eigenvalue weighted by Gasteiger charge is -2.29. The standard InChI is InChI=1S/C13H23N3O2S/c1-5-16(11(2)10-15(3)4)19(17,18)13-9-7-6-8-12(13)14/h6-9,11H,5,10,14H2,1-4H3. The summed E-state index contributed by atoms with van der Waals surface area (Å²) in [7, 11) is 0.304. The van der Waals surface area contributed by atoms with Crippen LogP contribution in [0.4, 0.5) is 5.69 Å². The lowest BCUT2D eigenvalue weighted by molar-refractivity contribution is 0.271. The summed E-state index contributed by atoms with van der Waals surface area (Å²) in [5.41, 5.74) is 6.07. The SMILES string of the molecule is CCN(C(C)CN(C)C)S(=O)(=O)c1ccccc1N. The number of nitrogen functional groups attached to an aromatic ring is 1. The number of nitrogens with zero attached hydrogens (tertiary/aromatic N) is 2. The van der Waals surface area contributed by atoms with Gasteiger partial charge in [-0.25, -0.2) is 8.42 Å². The van der Waals surface area contributed by atoms with Crippen molar-refractivity contribution in [2.45, 2.75) is 24.8 Å². The number of anilines is 1. The highest BCUT2D eigenvalue weighted by Gasteiger charge is 2.29. The van der Waals surface area contributed by atoms with Gasteiger partial charge in [-0.3, -0.25) is 0 Å². The molecule has 1 unspecified atom stereocenters. The molecule has 1 aromatic rings. The molecule has 6 heteroatoms. The monoisotopic (exact) mass is 285 g/mol. The Morgan fingerprint density at radius 2 is 1.84 bits per heavy atom. The molecule has 0 radical (unpaired) electrons. The van der Waals surface area contributed by atoms with Gasteiger partial charge < -0.3 is 10.6 Å². The molecule has 19 heavy (non-hydrogen) atoms. The van der Waals surface area contributed by atoms with Gasteiger partial charge in [0.05, 0.1) is 5.69 Å². The van der Waals surface area contributed by atoms with Gasteiger partial charge in [0.1, 0.15) is 4.90 Å². The number of benzene rings is 1. The average molecular weight is 285 g/mol. The first kappa shape index (κ1) is 15.9. The summed E-state index contributed by atoms with van der Waals surface area (Å²) >= 11 is 0. The molecule has 0 aliphatic carbocycles. The quantitative estimate of drug-likeness (QED) is 0.798. The lowest BCUT2D eigenvalue weighted by atomic mass is 10.3. The van der Waals surface area contributed by atoms with Crippen molar-refractivity contribution >= 4 is 15.7 Å². The molecule has 0 saturated carbocycles. The highest BCUT2D eigenvalue weighted by atomic mass is 32.2. The Morgan fingerprint density at radius 3 is 2.32 bits per heavy atom. The van der Waals surface area contributed by atoms with Crippen LogP contribution in [0.5, 0.6) is 0 Å². The van der Waals surface area contributed by atoms with E-state index in [4.69, 9.17) is 5.73 Å². The van der Waals surface area contributed by atoms with Crippen molar-refractivity contribution in [1.82, 2.24) is 9.21 Å². The maximum atomic E-state index is 12.6. The fourth-order valence-corrected chi connectivity index (χ4v) is 3.93. The van der Waals surface area contributed by atoms with E-state index in [0.29, 0.717) is 13.1 Å². The van der Waals surface area contributed by atoms with Gasteiger partial charge in [0, 0.05) is 19.1 Å². The summed E-state index contributed by atoms with van der Waals surface area (Å²) in [6.45, 7) is 4.83. The van der Waals surface area contributed by atoms with Crippen molar-refractivity contribution in [2.24, 2.45) is 0 Å². The molecule has 0 spiro atoms. The first-order valence-corrected chi connectivity index (χ1v) is 7.75. The zero-order valence-corrected chi connectivity index (χ0v) is 12.8. The number of hydrogen-bond donors (Lipinski definition) is 1. The number of sulfonamides is 1. The molecule has 0 heterocycles. The number of hydrogen-bond acceptors (Lipinski definition) is 4. The van der Waals surface area contributed by atoms with E-state index in [2.05, 4.69) is 0 Å². The van der Waals surface area contributed by atoms with E-state index in [1.807, 2.05) is 32.8 Å². The van der Waals surface area contributed by atoms with Crippen molar-refractivity contribution in [3.63, 3.8) is 0 Å². The molecule has 108 valence electrons. The van der Waals surface area contributed by atoms with Gasteiger partial charge in [-0.2, -0.15) is 4.31 Å². The molecule has 1 rings (SSSR count). The van der Waals surface area contributed by atoms with Crippen LogP contribution in [-0.4, -0.2) is 50.8 Å². The summed E-state index contributed by atoms with van der Waals surface area (Å²) in [5, 5.41) is 0. The first-order chi connectivity index (χ1) is 8.80. The van der Waals surface area contributed by atoms with Crippen LogP contribution in [0.2, 0.25) is 0 Å². The smallest absolute Gasteiger partial charge is 0.245 e. The van der Waals surface area contributed by atoms with Crippen molar-refractivity contribution in [1.29, 1.82) is 0 Å². The van der Waals surface area contributed by atoms with Gasteiger partial charge in [0.2, 0.25) is 10.0 Å². The van der Waals surface area contributed by atoms with Crippen molar-refractivity contribution in [3.05, 3.63) is 24.3 Å². The maximum absolute atomic E-state index is 12.6. The van der Waals surface area contributed by atoms with Crippen LogP contribution in [0.3, 0.4) is 0 Å². The fourth-order valence-electron chi connectivity index (χ4n) is 2.18. The topological polar surface area (TPSA) is 66.6 Å². The zero-order valence-electron chi connectivity index (χ0n) is 12.0. The summed E-state index contributed by atoms with van der Waals surface area (Å²) in [4.78, 5) is 2.15. The van der Waals surface area contributed by atoms with E-state index in [-0.39, 0.29) is 16.6 Å². The minimum atomic E-state index is -3.54. The normalized spacial score (nSPS) is 14.0. The largest absolute Gasteiger partial charge is 0.398 e. The maximum Gasteiger partial charge on any atom is 0.245 e.